The van der Waals surface area contributed by atoms with Crippen molar-refractivity contribution in [2.45, 2.75) is 13.5 Å². The molecular formula is C24H19ClN2O3. The molecule has 1 aliphatic rings. The first-order valence-electron chi connectivity index (χ1n) is 9.42. The second-order valence-corrected chi connectivity index (χ2v) is 7.29. The van der Waals surface area contributed by atoms with Crippen LogP contribution in [0.5, 0.6) is 5.75 Å². The van der Waals surface area contributed by atoms with Gasteiger partial charge in [0.25, 0.3) is 11.8 Å². The normalized spacial score (nSPS) is 14.9. The van der Waals surface area contributed by atoms with Crippen LogP contribution in [0.1, 0.15) is 16.7 Å². The number of hydrazine groups is 1. The van der Waals surface area contributed by atoms with Crippen LogP contribution in [-0.2, 0) is 16.2 Å². The second kappa shape index (κ2) is 8.43. The van der Waals surface area contributed by atoms with Crippen LogP contribution in [0.4, 0.5) is 5.69 Å². The number of hydrogen-bond donors (Lipinski definition) is 1. The van der Waals surface area contributed by atoms with Gasteiger partial charge in [0.2, 0.25) is 0 Å². The topological polar surface area (TPSA) is 58.6 Å². The minimum absolute atomic E-state index is 0.0301. The van der Waals surface area contributed by atoms with Gasteiger partial charge in [-0.15, -0.1) is 0 Å². The molecule has 4 rings (SSSR count). The maximum Gasteiger partial charge on any atom is 0.282 e. The highest BCUT2D eigenvalue weighted by atomic mass is 35.5. The Morgan fingerprint density at radius 3 is 2.50 bits per heavy atom. The standard InChI is InChI=1S/C24H19ClN2O3/c1-16-11-12-19(14-21(16)25)27-24(29)20(23(28)26-27)13-18-9-5-6-10-22(18)30-15-17-7-3-2-4-8-17/h2-14H,15H2,1H3,(H,26,28)/b20-13+. The molecule has 2 amide bonds. The van der Waals surface area contributed by atoms with Crippen LogP contribution in [-0.4, -0.2) is 11.8 Å². The molecule has 1 saturated heterocycles. The Labute approximate surface area is 179 Å². The molecule has 5 nitrogen and oxygen atoms in total. The average molecular weight is 419 g/mol. The van der Waals surface area contributed by atoms with Crippen molar-refractivity contribution in [3.8, 4) is 5.75 Å². The summed E-state index contributed by atoms with van der Waals surface area (Å²) in [7, 11) is 0. The highest BCUT2D eigenvalue weighted by Gasteiger charge is 2.34. The van der Waals surface area contributed by atoms with E-state index in [1.165, 1.54) is 5.01 Å². The molecule has 0 aliphatic carbocycles. The summed E-state index contributed by atoms with van der Waals surface area (Å²) in [5, 5.41) is 1.72. The van der Waals surface area contributed by atoms with Gasteiger partial charge in [0, 0.05) is 10.6 Å². The Hall–Kier alpha value is -3.57. The van der Waals surface area contributed by atoms with Gasteiger partial charge in [0.15, 0.2) is 0 Å². The molecule has 150 valence electrons. The van der Waals surface area contributed by atoms with E-state index in [1.54, 1.807) is 30.3 Å². The summed E-state index contributed by atoms with van der Waals surface area (Å²) in [4.78, 5) is 25.4. The number of anilines is 1. The molecule has 1 fully saturated rings. The van der Waals surface area contributed by atoms with E-state index in [-0.39, 0.29) is 5.57 Å². The molecule has 0 aromatic heterocycles. The van der Waals surface area contributed by atoms with Crippen molar-refractivity contribution >= 4 is 35.2 Å². The highest BCUT2D eigenvalue weighted by molar-refractivity contribution is 6.33. The fourth-order valence-electron chi connectivity index (χ4n) is 3.08. The number of carbonyl (C=O) groups is 2. The lowest BCUT2D eigenvalue weighted by atomic mass is 10.1. The molecule has 1 N–H and O–H groups in total. The van der Waals surface area contributed by atoms with Crippen LogP contribution in [0.25, 0.3) is 6.08 Å². The summed E-state index contributed by atoms with van der Waals surface area (Å²) in [5.74, 6) is -0.335. The van der Waals surface area contributed by atoms with E-state index in [0.29, 0.717) is 28.6 Å². The Morgan fingerprint density at radius 2 is 1.73 bits per heavy atom. The predicted octanol–water partition coefficient (Wildman–Crippen LogP) is 4.69. The second-order valence-electron chi connectivity index (χ2n) is 6.89. The van der Waals surface area contributed by atoms with Crippen molar-refractivity contribution in [1.82, 2.24) is 5.43 Å². The minimum atomic E-state index is -0.477. The Balaban J connectivity index is 1.59. The number of para-hydroxylation sites is 1. The smallest absolute Gasteiger partial charge is 0.282 e. The van der Waals surface area contributed by atoms with Gasteiger partial charge in [-0.3, -0.25) is 15.0 Å². The van der Waals surface area contributed by atoms with Gasteiger partial charge in [0.1, 0.15) is 17.9 Å². The Bertz CT molecular complexity index is 1140. The zero-order valence-electron chi connectivity index (χ0n) is 16.3. The molecule has 0 radical (unpaired) electrons. The van der Waals surface area contributed by atoms with Crippen molar-refractivity contribution in [3.05, 3.63) is 100 Å². The number of amides is 2. The van der Waals surface area contributed by atoms with Gasteiger partial charge in [-0.05, 0) is 42.3 Å². The molecule has 1 heterocycles. The Morgan fingerprint density at radius 1 is 1.00 bits per heavy atom. The van der Waals surface area contributed by atoms with E-state index in [4.69, 9.17) is 16.3 Å². The zero-order chi connectivity index (χ0) is 21.1. The molecule has 0 atom stereocenters. The van der Waals surface area contributed by atoms with Crippen molar-refractivity contribution in [3.63, 3.8) is 0 Å². The van der Waals surface area contributed by atoms with Crippen LogP contribution >= 0.6 is 11.6 Å². The first kappa shape index (κ1) is 19.7. The predicted molar refractivity (Wildman–Crippen MR) is 117 cm³/mol. The van der Waals surface area contributed by atoms with E-state index >= 15 is 0 Å². The molecule has 0 saturated carbocycles. The van der Waals surface area contributed by atoms with Gasteiger partial charge in [-0.25, -0.2) is 5.01 Å². The van der Waals surface area contributed by atoms with E-state index in [9.17, 15) is 9.59 Å². The maximum absolute atomic E-state index is 12.9. The molecule has 3 aromatic rings. The summed E-state index contributed by atoms with van der Waals surface area (Å²) in [6.07, 6.45) is 1.55. The van der Waals surface area contributed by atoms with Gasteiger partial charge >= 0.3 is 0 Å². The fraction of sp³-hybridized carbons (Fsp3) is 0.0833. The average Bonchev–Trinajstić information content (AvgIpc) is 3.04. The first-order chi connectivity index (χ1) is 14.5. The maximum atomic E-state index is 12.9. The van der Waals surface area contributed by atoms with Crippen LogP contribution < -0.4 is 15.2 Å². The lowest BCUT2D eigenvalue weighted by Crippen LogP contribution is -2.35. The number of carbonyl (C=O) groups excluding carboxylic acids is 2. The van der Waals surface area contributed by atoms with Crippen molar-refractivity contribution < 1.29 is 14.3 Å². The largest absolute Gasteiger partial charge is 0.488 e. The molecular weight excluding hydrogens is 400 g/mol. The number of nitrogens with zero attached hydrogens (tertiary/aromatic N) is 1. The number of rotatable bonds is 5. The number of hydrogen-bond acceptors (Lipinski definition) is 3. The lowest BCUT2D eigenvalue weighted by Gasteiger charge is -2.15. The monoisotopic (exact) mass is 418 g/mol. The number of ether oxygens (including phenoxy) is 1. The number of halogens is 1. The summed E-state index contributed by atoms with van der Waals surface area (Å²) in [6, 6.07) is 22.2. The van der Waals surface area contributed by atoms with Crippen molar-refractivity contribution in [1.29, 1.82) is 0 Å². The Kier molecular flexibility index (Phi) is 5.55. The van der Waals surface area contributed by atoms with E-state index in [2.05, 4.69) is 5.43 Å². The third-order valence-electron chi connectivity index (χ3n) is 4.76. The highest BCUT2D eigenvalue weighted by Crippen LogP contribution is 2.28. The lowest BCUT2D eigenvalue weighted by molar-refractivity contribution is -0.117. The van der Waals surface area contributed by atoms with Crippen LogP contribution in [0.3, 0.4) is 0 Å². The molecule has 0 spiro atoms. The molecule has 3 aromatic carbocycles. The number of nitrogens with one attached hydrogen (secondary N) is 1. The van der Waals surface area contributed by atoms with Crippen LogP contribution in [0.2, 0.25) is 5.02 Å². The van der Waals surface area contributed by atoms with E-state index < -0.39 is 11.8 Å². The quantitative estimate of drug-likeness (QED) is 0.483. The summed E-state index contributed by atoms with van der Waals surface area (Å²) in [6.45, 7) is 2.25. The number of aryl methyl sites for hydroxylation is 1. The third kappa shape index (κ3) is 4.07. The van der Waals surface area contributed by atoms with Crippen molar-refractivity contribution in [2.75, 3.05) is 5.01 Å². The molecule has 0 unspecified atom stereocenters. The first-order valence-corrected chi connectivity index (χ1v) is 9.80. The van der Waals surface area contributed by atoms with Crippen LogP contribution in [0.15, 0.2) is 78.4 Å². The van der Waals surface area contributed by atoms with E-state index in [1.807, 2.05) is 55.5 Å². The zero-order valence-corrected chi connectivity index (χ0v) is 17.0. The van der Waals surface area contributed by atoms with Gasteiger partial charge in [-0.2, -0.15) is 0 Å². The fourth-order valence-corrected chi connectivity index (χ4v) is 3.26. The summed E-state index contributed by atoms with van der Waals surface area (Å²) in [5.41, 5.74) is 5.68. The minimum Gasteiger partial charge on any atom is -0.488 e. The summed E-state index contributed by atoms with van der Waals surface area (Å²) < 4.78 is 5.93. The number of benzene rings is 3. The van der Waals surface area contributed by atoms with Crippen molar-refractivity contribution in [2.24, 2.45) is 0 Å². The van der Waals surface area contributed by atoms with Gasteiger partial charge in [0.05, 0.1) is 5.69 Å². The van der Waals surface area contributed by atoms with E-state index in [0.717, 1.165) is 11.1 Å². The molecule has 6 heteroatoms. The van der Waals surface area contributed by atoms with Gasteiger partial charge < -0.3 is 4.74 Å². The van der Waals surface area contributed by atoms with Crippen LogP contribution in [0, 0.1) is 6.92 Å². The van der Waals surface area contributed by atoms with Gasteiger partial charge in [-0.1, -0.05) is 66.2 Å². The molecule has 30 heavy (non-hydrogen) atoms. The molecule has 0 bridgehead atoms. The SMILES string of the molecule is Cc1ccc(N2NC(=O)/C(=C\c3ccccc3OCc3ccccc3)C2=O)cc1Cl. The third-order valence-corrected chi connectivity index (χ3v) is 5.17. The summed E-state index contributed by atoms with van der Waals surface area (Å²) >= 11 is 6.17. The molecule has 1 aliphatic heterocycles.